The van der Waals surface area contributed by atoms with Crippen molar-refractivity contribution in [2.45, 2.75) is 6.54 Å². The maximum Gasteiger partial charge on any atom is 0.244 e. The number of imidazole rings is 1. The second kappa shape index (κ2) is 7.74. The number of rotatable bonds is 5. The number of carbonyl (C=O) groups is 1. The molecule has 2 heterocycles. The van der Waals surface area contributed by atoms with Crippen LogP contribution in [0.5, 0.6) is 5.75 Å². The van der Waals surface area contributed by atoms with E-state index in [0.717, 1.165) is 27.7 Å². The Kier molecular flexibility index (Phi) is 5.00. The summed E-state index contributed by atoms with van der Waals surface area (Å²) in [6.45, 7) is 0.356. The topological polar surface area (TPSA) is 55.6 Å². The van der Waals surface area contributed by atoms with Gasteiger partial charge in [0.05, 0.1) is 12.8 Å². The van der Waals surface area contributed by atoms with Crippen LogP contribution < -0.4 is 10.1 Å². The van der Waals surface area contributed by atoms with E-state index in [1.165, 1.54) is 6.08 Å². The van der Waals surface area contributed by atoms with Gasteiger partial charge in [0.15, 0.2) is 5.15 Å². The van der Waals surface area contributed by atoms with Gasteiger partial charge in [-0.3, -0.25) is 9.20 Å². The fraction of sp³-hybridized carbons (Fsp3) is 0.0909. The molecular formula is C22H18ClN3O2. The summed E-state index contributed by atoms with van der Waals surface area (Å²) in [5.41, 5.74) is 2.33. The molecule has 0 bridgehead atoms. The first kappa shape index (κ1) is 18.1. The largest absolute Gasteiger partial charge is 0.496 e. The first-order valence-corrected chi connectivity index (χ1v) is 9.18. The summed E-state index contributed by atoms with van der Waals surface area (Å²) in [5.74, 6) is 0.518. The molecule has 4 rings (SSSR count). The minimum absolute atomic E-state index is 0.225. The maximum absolute atomic E-state index is 12.4. The van der Waals surface area contributed by atoms with E-state index < -0.39 is 0 Å². The molecule has 4 aromatic rings. The number of fused-ring (bicyclic) bond motifs is 2. The summed E-state index contributed by atoms with van der Waals surface area (Å²) in [4.78, 5) is 16.7. The van der Waals surface area contributed by atoms with Crippen LogP contribution in [-0.4, -0.2) is 22.4 Å². The number of aromatic nitrogens is 2. The van der Waals surface area contributed by atoms with Crippen LogP contribution in [0.3, 0.4) is 0 Å². The molecule has 28 heavy (non-hydrogen) atoms. The van der Waals surface area contributed by atoms with Crippen molar-refractivity contribution in [2.75, 3.05) is 7.11 Å². The minimum atomic E-state index is -0.225. The Hall–Kier alpha value is -3.31. The van der Waals surface area contributed by atoms with E-state index in [9.17, 15) is 4.79 Å². The lowest BCUT2D eigenvalue weighted by molar-refractivity contribution is -0.116. The predicted molar refractivity (Wildman–Crippen MR) is 112 cm³/mol. The van der Waals surface area contributed by atoms with Crippen LogP contribution in [0.25, 0.3) is 22.5 Å². The van der Waals surface area contributed by atoms with Crippen molar-refractivity contribution in [1.29, 1.82) is 0 Å². The van der Waals surface area contributed by atoms with E-state index in [-0.39, 0.29) is 5.91 Å². The number of nitrogens with one attached hydrogen (secondary N) is 1. The van der Waals surface area contributed by atoms with Gasteiger partial charge in [0.2, 0.25) is 5.91 Å². The lowest BCUT2D eigenvalue weighted by atomic mass is 10.0. The molecule has 2 aromatic heterocycles. The highest BCUT2D eigenvalue weighted by Crippen LogP contribution is 2.27. The second-order valence-electron chi connectivity index (χ2n) is 6.24. The van der Waals surface area contributed by atoms with E-state index in [4.69, 9.17) is 16.3 Å². The minimum Gasteiger partial charge on any atom is -0.496 e. The lowest BCUT2D eigenvalue weighted by Gasteiger charge is -2.12. The number of halogens is 1. The van der Waals surface area contributed by atoms with Gasteiger partial charge in [0.25, 0.3) is 0 Å². The number of amides is 1. The van der Waals surface area contributed by atoms with E-state index in [0.29, 0.717) is 17.4 Å². The summed E-state index contributed by atoms with van der Waals surface area (Å²) in [7, 11) is 1.63. The Labute approximate surface area is 167 Å². The average Bonchev–Trinajstić information content (AvgIpc) is 3.05. The number of hydrogen-bond donors (Lipinski definition) is 1. The van der Waals surface area contributed by atoms with E-state index >= 15 is 0 Å². The fourth-order valence-electron chi connectivity index (χ4n) is 3.21. The van der Waals surface area contributed by atoms with Crippen LogP contribution in [0.15, 0.2) is 66.9 Å². The standard InChI is InChI=1S/C22H18ClN3O2/c1-28-19-11-9-15-6-2-3-7-16(15)17(19)14-24-21(27)12-10-18-22(23)25-20-8-4-5-13-26(18)20/h2-13H,14H2,1H3,(H,24,27)/b12-10+. The Balaban J connectivity index is 1.54. The van der Waals surface area contributed by atoms with E-state index in [1.807, 2.05) is 65.2 Å². The van der Waals surface area contributed by atoms with Gasteiger partial charge >= 0.3 is 0 Å². The van der Waals surface area contributed by atoms with Crippen LogP contribution in [0.2, 0.25) is 5.15 Å². The zero-order chi connectivity index (χ0) is 19.5. The van der Waals surface area contributed by atoms with Gasteiger partial charge in [-0.25, -0.2) is 4.98 Å². The number of benzene rings is 2. The molecule has 1 N–H and O–H groups in total. The van der Waals surface area contributed by atoms with Gasteiger partial charge in [-0.15, -0.1) is 0 Å². The highest BCUT2D eigenvalue weighted by molar-refractivity contribution is 6.31. The monoisotopic (exact) mass is 391 g/mol. The SMILES string of the molecule is COc1ccc2ccccc2c1CNC(=O)/C=C/c1c(Cl)nc2ccccn12. The molecule has 2 aromatic carbocycles. The quantitative estimate of drug-likeness (QED) is 0.510. The molecule has 0 fully saturated rings. The summed E-state index contributed by atoms with van der Waals surface area (Å²) < 4.78 is 7.30. The molecule has 1 amide bonds. The van der Waals surface area contributed by atoms with Crippen molar-refractivity contribution in [3.05, 3.63) is 83.3 Å². The molecule has 0 unspecified atom stereocenters. The van der Waals surface area contributed by atoms with E-state index in [2.05, 4.69) is 10.3 Å². The van der Waals surface area contributed by atoms with Crippen molar-refractivity contribution in [2.24, 2.45) is 0 Å². The summed E-state index contributed by atoms with van der Waals surface area (Å²) in [6, 6.07) is 17.6. The Morgan fingerprint density at radius 2 is 2.00 bits per heavy atom. The third-order valence-electron chi connectivity index (χ3n) is 4.57. The molecule has 0 radical (unpaired) electrons. The van der Waals surface area contributed by atoms with Crippen LogP contribution in [-0.2, 0) is 11.3 Å². The van der Waals surface area contributed by atoms with Crippen molar-refractivity contribution in [3.63, 3.8) is 0 Å². The summed E-state index contributed by atoms with van der Waals surface area (Å²) in [6.07, 6.45) is 4.98. The number of methoxy groups -OCH3 is 1. The molecule has 0 aliphatic heterocycles. The Bertz CT molecular complexity index is 1200. The van der Waals surface area contributed by atoms with Gasteiger partial charge in [-0.1, -0.05) is 48.0 Å². The normalized spacial score (nSPS) is 11.4. The number of nitrogens with zero attached hydrogens (tertiary/aromatic N) is 2. The molecule has 0 saturated carbocycles. The van der Waals surface area contributed by atoms with E-state index in [1.54, 1.807) is 13.2 Å². The van der Waals surface area contributed by atoms with Gasteiger partial charge in [0, 0.05) is 24.4 Å². The zero-order valence-corrected chi connectivity index (χ0v) is 16.0. The third-order valence-corrected chi connectivity index (χ3v) is 4.85. The molecule has 0 spiro atoms. The third kappa shape index (κ3) is 3.44. The molecule has 5 nitrogen and oxygen atoms in total. The molecular weight excluding hydrogens is 374 g/mol. The van der Waals surface area contributed by atoms with Gasteiger partial charge in [-0.05, 0) is 35.0 Å². The highest BCUT2D eigenvalue weighted by atomic mass is 35.5. The molecule has 0 saturated heterocycles. The lowest BCUT2D eigenvalue weighted by Crippen LogP contribution is -2.20. The van der Waals surface area contributed by atoms with Crippen molar-refractivity contribution in [3.8, 4) is 5.75 Å². The van der Waals surface area contributed by atoms with Crippen LogP contribution >= 0.6 is 11.6 Å². The number of pyridine rings is 1. The molecule has 0 atom stereocenters. The van der Waals surface area contributed by atoms with Gasteiger partial charge in [-0.2, -0.15) is 0 Å². The first-order chi connectivity index (χ1) is 13.7. The summed E-state index contributed by atoms with van der Waals surface area (Å²) in [5, 5.41) is 5.42. The first-order valence-electron chi connectivity index (χ1n) is 8.80. The second-order valence-corrected chi connectivity index (χ2v) is 6.59. The fourth-order valence-corrected chi connectivity index (χ4v) is 3.45. The Morgan fingerprint density at radius 3 is 2.86 bits per heavy atom. The van der Waals surface area contributed by atoms with Gasteiger partial charge < -0.3 is 10.1 Å². The molecule has 0 aliphatic rings. The number of hydrogen-bond acceptors (Lipinski definition) is 3. The zero-order valence-electron chi connectivity index (χ0n) is 15.2. The van der Waals surface area contributed by atoms with Crippen LogP contribution in [0.1, 0.15) is 11.3 Å². The van der Waals surface area contributed by atoms with Crippen molar-refractivity contribution >= 4 is 40.0 Å². The van der Waals surface area contributed by atoms with Gasteiger partial charge in [0.1, 0.15) is 11.4 Å². The number of ether oxygens (including phenoxy) is 1. The number of carbonyl (C=O) groups excluding carboxylic acids is 1. The van der Waals surface area contributed by atoms with Crippen molar-refractivity contribution < 1.29 is 9.53 Å². The van der Waals surface area contributed by atoms with Crippen LogP contribution in [0.4, 0.5) is 0 Å². The maximum atomic E-state index is 12.4. The summed E-state index contributed by atoms with van der Waals surface area (Å²) >= 11 is 6.20. The highest BCUT2D eigenvalue weighted by Gasteiger charge is 2.10. The van der Waals surface area contributed by atoms with Crippen molar-refractivity contribution in [1.82, 2.24) is 14.7 Å². The smallest absolute Gasteiger partial charge is 0.244 e. The predicted octanol–water partition coefficient (Wildman–Crippen LogP) is 4.48. The molecule has 140 valence electrons. The molecule has 6 heteroatoms. The molecule has 0 aliphatic carbocycles. The van der Waals surface area contributed by atoms with Crippen LogP contribution in [0, 0.1) is 0 Å². The Morgan fingerprint density at radius 1 is 1.18 bits per heavy atom. The average molecular weight is 392 g/mol.